The van der Waals surface area contributed by atoms with Crippen LogP contribution in [0.2, 0.25) is 0 Å². The number of para-hydroxylation sites is 1. The summed E-state index contributed by atoms with van der Waals surface area (Å²) in [6.07, 6.45) is 0. The van der Waals surface area contributed by atoms with Crippen LogP contribution in [-0.4, -0.2) is 16.8 Å². The molecule has 0 saturated carbocycles. The Labute approximate surface area is 206 Å². The number of nitrogens with zero attached hydrogens (tertiary/aromatic N) is 1. The highest BCUT2D eigenvalue weighted by Gasteiger charge is 2.16. The van der Waals surface area contributed by atoms with Crippen LogP contribution < -0.4 is 15.6 Å². The van der Waals surface area contributed by atoms with Gasteiger partial charge in [0.2, 0.25) is 0 Å². The van der Waals surface area contributed by atoms with Crippen LogP contribution in [0.3, 0.4) is 0 Å². The average molecular weight is 480 g/mol. The van der Waals surface area contributed by atoms with Gasteiger partial charge in [-0.1, -0.05) is 78.9 Å². The third-order valence-corrected chi connectivity index (χ3v) is 6.29. The van der Waals surface area contributed by atoms with Crippen LogP contribution in [0.5, 0.6) is 5.75 Å². The fourth-order valence-electron chi connectivity index (χ4n) is 3.67. The fraction of sp³-hybridized carbons (Fsp3) is 0.0357. The van der Waals surface area contributed by atoms with Gasteiger partial charge in [-0.25, -0.2) is 4.98 Å². The number of hydrogen-bond donors (Lipinski definition) is 2. The first-order chi connectivity index (χ1) is 17.2. The normalized spacial score (nSPS) is 10.6. The van der Waals surface area contributed by atoms with Crippen molar-refractivity contribution in [1.29, 1.82) is 0 Å². The second-order valence-corrected chi connectivity index (χ2v) is 8.60. The van der Waals surface area contributed by atoms with Crippen LogP contribution >= 0.6 is 11.3 Å². The van der Waals surface area contributed by atoms with Crippen molar-refractivity contribution in [2.75, 3.05) is 0 Å². The minimum absolute atomic E-state index is 0.209. The Balaban J connectivity index is 1.27. The van der Waals surface area contributed by atoms with Crippen LogP contribution in [-0.2, 0) is 6.61 Å². The summed E-state index contributed by atoms with van der Waals surface area (Å²) in [5, 5.41) is 4.07. The summed E-state index contributed by atoms with van der Waals surface area (Å²) >= 11 is 1.33. The van der Waals surface area contributed by atoms with Crippen molar-refractivity contribution in [3.8, 4) is 16.3 Å². The number of amides is 2. The Morgan fingerprint density at radius 3 is 2.37 bits per heavy atom. The molecule has 0 atom stereocenters. The molecular formula is C28H21N3O3S. The van der Waals surface area contributed by atoms with Gasteiger partial charge in [0.05, 0.1) is 5.56 Å². The van der Waals surface area contributed by atoms with Gasteiger partial charge in [-0.15, -0.1) is 11.3 Å². The first kappa shape index (κ1) is 22.3. The molecule has 0 unspecified atom stereocenters. The molecule has 0 aliphatic rings. The van der Waals surface area contributed by atoms with Crippen LogP contribution in [0.15, 0.2) is 102 Å². The molecule has 7 heteroatoms. The predicted octanol–water partition coefficient (Wildman–Crippen LogP) is 5.62. The lowest BCUT2D eigenvalue weighted by Gasteiger charge is -2.10. The van der Waals surface area contributed by atoms with Crippen LogP contribution in [0.25, 0.3) is 21.3 Å². The fourth-order valence-corrected chi connectivity index (χ4v) is 4.50. The summed E-state index contributed by atoms with van der Waals surface area (Å²) in [5.74, 6) is -0.212. The Kier molecular flexibility index (Phi) is 6.50. The van der Waals surface area contributed by atoms with Gasteiger partial charge in [-0.2, -0.15) is 0 Å². The number of fused-ring (bicyclic) bond motifs is 1. The molecule has 0 fully saturated rings. The van der Waals surface area contributed by atoms with Crippen LogP contribution in [0.4, 0.5) is 0 Å². The first-order valence-electron chi connectivity index (χ1n) is 11.0. The quantitative estimate of drug-likeness (QED) is 0.310. The zero-order chi connectivity index (χ0) is 24.0. The molecule has 35 heavy (non-hydrogen) atoms. The van der Waals surface area contributed by atoms with Gasteiger partial charge in [0.25, 0.3) is 11.8 Å². The van der Waals surface area contributed by atoms with E-state index in [0.717, 1.165) is 21.9 Å². The van der Waals surface area contributed by atoms with Crippen molar-refractivity contribution >= 4 is 33.9 Å². The van der Waals surface area contributed by atoms with Crippen LogP contribution in [0.1, 0.15) is 26.4 Å². The number of hydrogen-bond acceptors (Lipinski definition) is 5. The van der Waals surface area contributed by atoms with Crippen molar-refractivity contribution in [3.63, 3.8) is 0 Å². The molecule has 0 radical (unpaired) electrons. The monoisotopic (exact) mass is 479 g/mol. The first-order valence-corrected chi connectivity index (χ1v) is 11.9. The highest BCUT2D eigenvalue weighted by atomic mass is 32.1. The van der Waals surface area contributed by atoms with Gasteiger partial charge in [-0.3, -0.25) is 20.4 Å². The number of rotatable bonds is 6. The van der Waals surface area contributed by atoms with Gasteiger partial charge in [-0.05, 0) is 34.5 Å². The molecule has 0 bridgehead atoms. The Bertz CT molecular complexity index is 1490. The predicted molar refractivity (Wildman–Crippen MR) is 137 cm³/mol. The topological polar surface area (TPSA) is 80.3 Å². The van der Waals surface area contributed by atoms with E-state index < -0.39 is 11.8 Å². The SMILES string of the molecule is O=C(NNC(=O)c1cccc2ccccc12)c1csc(-c2ccccc2OCc2ccccc2)n1. The molecule has 6 nitrogen and oxygen atoms in total. The summed E-state index contributed by atoms with van der Waals surface area (Å²) in [6, 6.07) is 30.5. The van der Waals surface area contributed by atoms with Gasteiger partial charge < -0.3 is 4.74 Å². The zero-order valence-electron chi connectivity index (χ0n) is 18.6. The maximum atomic E-state index is 12.7. The smallest absolute Gasteiger partial charge is 0.289 e. The summed E-state index contributed by atoms with van der Waals surface area (Å²) in [7, 11) is 0. The van der Waals surface area contributed by atoms with E-state index in [-0.39, 0.29) is 5.69 Å². The van der Waals surface area contributed by atoms with Crippen molar-refractivity contribution < 1.29 is 14.3 Å². The number of benzene rings is 4. The van der Waals surface area contributed by atoms with E-state index in [4.69, 9.17) is 4.74 Å². The number of hydrazine groups is 1. The highest BCUT2D eigenvalue weighted by Crippen LogP contribution is 2.32. The minimum Gasteiger partial charge on any atom is -0.488 e. The molecule has 5 rings (SSSR count). The lowest BCUT2D eigenvalue weighted by atomic mass is 10.0. The number of nitrogens with one attached hydrogen (secondary N) is 2. The maximum Gasteiger partial charge on any atom is 0.289 e. The number of carbonyl (C=O) groups is 2. The van der Waals surface area contributed by atoms with E-state index in [1.54, 1.807) is 11.4 Å². The van der Waals surface area contributed by atoms with E-state index in [0.29, 0.717) is 22.9 Å². The molecule has 5 aromatic rings. The molecular weight excluding hydrogens is 458 g/mol. The second kappa shape index (κ2) is 10.2. The molecule has 1 heterocycles. The molecule has 0 aliphatic carbocycles. The van der Waals surface area contributed by atoms with Gasteiger partial charge in [0.15, 0.2) is 0 Å². The van der Waals surface area contributed by atoms with Crippen molar-refractivity contribution in [1.82, 2.24) is 15.8 Å². The lowest BCUT2D eigenvalue weighted by Crippen LogP contribution is -2.41. The second-order valence-electron chi connectivity index (χ2n) is 7.74. The third kappa shape index (κ3) is 5.05. The zero-order valence-corrected chi connectivity index (χ0v) is 19.4. The highest BCUT2D eigenvalue weighted by molar-refractivity contribution is 7.13. The third-order valence-electron chi connectivity index (χ3n) is 5.42. The molecule has 4 aromatic carbocycles. The van der Waals surface area contributed by atoms with E-state index in [1.165, 1.54) is 11.3 Å². The van der Waals surface area contributed by atoms with Crippen molar-refractivity contribution in [2.45, 2.75) is 6.61 Å². The Morgan fingerprint density at radius 2 is 1.49 bits per heavy atom. The molecule has 2 N–H and O–H groups in total. The summed E-state index contributed by atoms with van der Waals surface area (Å²) < 4.78 is 6.02. The molecule has 0 aliphatic heterocycles. The molecule has 172 valence electrons. The van der Waals surface area contributed by atoms with Gasteiger partial charge >= 0.3 is 0 Å². The van der Waals surface area contributed by atoms with E-state index in [2.05, 4.69) is 15.8 Å². The average Bonchev–Trinajstić information content (AvgIpc) is 3.41. The van der Waals surface area contributed by atoms with Crippen LogP contribution in [0, 0.1) is 0 Å². The lowest BCUT2D eigenvalue weighted by molar-refractivity contribution is 0.0845. The summed E-state index contributed by atoms with van der Waals surface area (Å²) in [5.41, 5.74) is 7.50. The standard InChI is InChI=1S/C28H21N3O3S/c32-26(22-15-8-12-20-11-4-5-13-21(20)22)30-31-27(33)24-18-35-28(29-24)23-14-6-7-16-25(23)34-17-19-9-2-1-3-10-19/h1-16,18H,17H2,(H,30,32)(H,31,33). The van der Waals surface area contributed by atoms with Crippen molar-refractivity contribution in [2.24, 2.45) is 0 Å². The van der Waals surface area contributed by atoms with E-state index in [1.807, 2.05) is 91.0 Å². The summed E-state index contributed by atoms with van der Waals surface area (Å²) in [6.45, 7) is 0.427. The van der Waals surface area contributed by atoms with Gasteiger partial charge in [0.1, 0.15) is 23.1 Å². The molecule has 0 saturated heterocycles. The summed E-state index contributed by atoms with van der Waals surface area (Å²) in [4.78, 5) is 29.8. The Morgan fingerprint density at radius 1 is 0.771 bits per heavy atom. The van der Waals surface area contributed by atoms with E-state index >= 15 is 0 Å². The minimum atomic E-state index is -0.497. The van der Waals surface area contributed by atoms with Crippen molar-refractivity contribution in [3.05, 3.63) is 119 Å². The Hall–Kier alpha value is -4.49. The number of aromatic nitrogens is 1. The molecule has 1 aromatic heterocycles. The molecule has 0 spiro atoms. The number of ether oxygens (including phenoxy) is 1. The molecule has 2 amide bonds. The largest absolute Gasteiger partial charge is 0.488 e. The van der Waals surface area contributed by atoms with E-state index in [9.17, 15) is 9.59 Å². The number of carbonyl (C=O) groups excluding carboxylic acids is 2. The maximum absolute atomic E-state index is 12.7. The van der Waals surface area contributed by atoms with Gasteiger partial charge in [0, 0.05) is 10.9 Å². The number of thiazole rings is 1.